The van der Waals surface area contributed by atoms with Crippen molar-refractivity contribution in [2.24, 2.45) is 0 Å². The summed E-state index contributed by atoms with van der Waals surface area (Å²) in [6.07, 6.45) is 3.70. The molecule has 9 nitrogen and oxygen atoms in total. The smallest absolute Gasteiger partial charge is 0.358 e. The first-order valence-corrected chi connectivity index (χ1v) is 7.38. The Morgan fingerprint density at radius 1 is 1.50 bits per heavy atom. The monoisotopic (exact) mass is 370 g/mol. The number of amides is 1. The highest BCUT2D eigenvalue weighted by Crippen LogP contribution is 2.11. The van der Waals surface area contributed by atoms with Gasteiger partial charge in [-0.05, 0) is 27.8 Å². The highest BCUT2D eigenvalue weighted by atomic mass is 79.9. The molecule has 2 aromatic rings. The Hall–Kier alpha value is -2.23. The van der Waals surface area contributed by atoms with Crippen molar-refractivity contribution in [3.8, 4) is 0 Å². The molecule has 2 aromatic heterocycles. The van der Waals surface area contributed by atoms with Gasteiger partial charge in [0.1, 0.15) is 0 Å². The number of nitrogens with one attached hydrogen (secondary N) is 1. The minimum absolute atomic E-state index is 0.135. The van der Waals surface area contributed by atoms with E-state index in [1.807, 2.05) is 6.20 Å². The number of hydrogen-bond donors (Lipinski definition) is 1. The highest BCUT2D eigenvalue weighted by molar-refractivity contribution is 9.10. The fourth-order valence-corrected chi connectivity index (χ4v) is 2.20. The Morgan fingerprint density at radius 3 is 2.86 bits per heavy atom. The van der Waals surface area contributed by atoms with Crippen LogP contribution in [0.2, 0.25) is 0 Å². The van der Waals surface area contributed by atoms with Gasteiger partial charge in [0.2, 0.25) is 5.91 Å². The van der Waals surface area contributed by atoms with Crippen LogP contribution in [0.25, 0.3) is 0 Å². The predicted molar refractivity (Wildman–Crippen MR) is 81.2 cm³/mol. The summed E-state index contributed by atoms with van der Waals surface area (Å²) < 4.78 is 4.06. The maximum absolute atomic E-state index is 11.7. The van der Waals surface area contributed by atoms with E-state index in [4.69, 9.17) is 0 Å². The fourth-order valence-electron chi connectivity index (χ4n) is 1.87. The van der Waals surface area contributed by atoms with Gasteiger partial charge in [0.15, 0.2) is 0 Å². The molecule has 0 unspecified atom stereocenters. The number of nitro groups is 1. The minimum Gasteiger partial charge on any atom is -0.358 e. The fraction of sp³-hybridized carbons (Fsp3) is 0.417. The number of carbonyl (C=O) groups excluding carboxylic acids is 1. The molecule has 0 aromatic carbocycles. The van der Waals surface area contributed by atoms with Gasteiger partial charge >= 0.3 is 5.82 Å². The molecule has 2 heterocycles. The van der Waals surface area contributed by atoms with Crippen molar-refractivity contribution in [2.75, 3.05) is 6.54 Å². The van der Waals surface area contributed by atoms with Crippen LogP contribution in [-0.2, 0) is 17.9 Å². The molecule has 22 heavy (non-hydrogen) atoms. The van der Waals surface area contributed by atoms with E-state index in [1.165, 1.54) is 10.7 Å². The molecular weight excluding hydrogens is 356 g/mol. The molecule has 1 N–H and O–H groups in total. The molecule has 0 bridgehead atoms. The van der Waals surface area contributed by atoms with Gasteiger partial charge in [-0.15, -0.1) is 0 Å². The summed E-state index contributed by atoms with van der Waals surface area (Å²) in [7, 11) is 0. The van der Waals surface area contributed by atoms with E-state index in [1.54, 1.807) is 17.8 Å². The summed E-state index contributed by atoms with van der Waals surface area (Å²) in [6.45, 7) is 3.06. The second kappa shape index (κ2) is 7.16. The van der Waals surface area contributed by atoms with Gasteiger partial charge in [-0.2, -0.15) is 9.78 Å². The molecule has 0 atom stereocenters. The van der Waals surface area contributed by atoms with Crippen molar-refractivity contribution in [3.05, 3.63) is 38.7 Å². The summed E-state index contributed by atoms with van der Waals surface area (Å²) in [6, 6.07) is 1.38. The van der Waals surface area contributed by atoms with Crippen molar-refractivity contribution < 1.29 is 9.72 Å². The Morgan fingerprint density at radius 2 is 2.27 bits per heavy atom. The Bertz CT molecular complexity index is 680. The van der Waals surface area contributed by atoms with Gasteiger partial charge in [-0.3, -0.25) is 9.48 Å². The number of nitrogens with zero attached hydrogens (tertiary/aromatic N) is 5. The molecule has 0 saturated carbocycles. The van der Waals surface area contributed by atoms with E-state index >= 15 is 0 Å². The highest BCUT2D eigenvalue weighted by Gasteiger charge is 2.15. The van der Waals surface area contributed by atoms with Crippen LogP contribution in [0, 0.1) is 17.0 Å². The summed E-state index contributed by atoms with van der Waals surface area (Å²) in [5, 5.41) is 21.3. The van der Waals surface area contributed by atoms with Gasteiger partial charge in [0.25, 0.3) is 0 Å². The van der Waals surface area contributed by atoms with E-state index in [9.17, 15) is 14.9 Å². The lowest BCUT2D eigenvalue weighted by molar-refractivity contribution is -0.389. The maximum Gasteiger partial charge on any atom is 0.390 e. The van der Waals surface area contributed by atoms with Gasteiger partial charge < -0.3 is 15.4 Å². The third-order valence-electron chi connectivity index (χ3n) is 2.97. The van der Waals surface area contributed by atoms with E-state index in [0.29, 0.717) is 25.3 Å². The summed E-state index contributed by atoms with van der Waals surface area (Å²) in [4.78, 5) is 21.8. The molecule has 2 rings (SSSR count). The van der Waals surface area contributed by atoms with Crippen LogP contribution in [0.4, 0.5) is 5.82 Å². The SMILES string of the molecule is Cc1cc([N+](=O)[O-])nn1CCC(=O)NCCn1cc(Br)cn1. The van der Waals surface area contributed by atoms with E-state index in [0.717, 1.165) is 4.47 Å². The first-order chi connectivity index (χ1) is 10.5. The summed E-state index contributed by atoms with van der Waals surface area (Å²) >= 11 is 3.29. The van der Waals surface area contributed by atoms with Gasteiger partial charge in [0.05, 0.1) is 40.6 Å². The lowest BCUT2D eigenvalue weighted by Crippen LogP contribution is -2.28. The van der Waals surface area contributed by atoms with Crippen molar-refractivity contribution >= 4 is 27.7 Å². The van der Waals surface area contributed by atoms with Crippen LogP contribution < -0.4 is 5.32 Å². The van der Waals surface area contributed by atoms with Crippen LogP contribution in [0.3, 0.4) is 0 Å². The summed E-state index contributed by atoms with van der Waals surface area (Å²) in [5.74, 6) is -0.342. The zero-order valence-electron chi connectivity index (χ0n) is 11.9. The topological polar surface area (TPSA) is 108 Å². The maximum atomic E-state index is 11.7. The largest absolute Gasteiger partial charge is 0.390 e. The predicted octanol–water partition coefficient (Wildman–Crippen LogP) is 1.27. The number of halogens is 1. The lowest BCUT2D eigenvalue weighted by atomic mass is 10.3. The average Bonchev–Trinajstić information content (AvgIpc) is 3.03. The molecule has 0 aliphatic rings. The quantitative estimate of drug-likeness (QED) is 0.582. The minimum atomic E-state index is -0.550. The molecule has 0 fully saturated rings. The number of rotatable bonds is 7. The Labute approximate surface area is 134 Å². The first kappa shape index (κ1) is 16.1. The standard InChI is InChI=1S/C12H15BrN6O3/c1-9-6-11(19(21)22)16-18(9)4-2-12(20)14-3-5-17-8-10(13)7-15-17/h6-8H,2-5H2,1H3,(H,14,20). The molecular formula is C12H15BrN6O3. The van der Waals surface area contributed by atoms with Crippen LogP contribution in [0.15, 0.2) is 22.9 Å². The number of hydrogen-bond acceptors (Lipinski definition) is 5. The Balaban J connectivity index is 1.74. The molecule has 1 amide bonds. The van der Waals surface area contributed by atoms with Crippen molar-refractivity contribution in [2.45, 2.75) is 26.4 Å². The molecule has 0 saturated heterocycles. The molecule has 0 spiro atoms. The normalized spacial score (nSPS) is 10.6. The number of aryl methyl sites for hydroxylation is 2. The van der Waals surface area contributed by atoms with Crippen LogP contribution in [-0.4, -0.2) is 36.9 Å². The third kappa shape index (κ3) is 4.38. The van der Waals surface area contributed by atoms with E-state index in [2.05, 4.69) is 31.4 Å². The van der Waals surface area contributed by atoms with Crippen LogP contribution in [0.1, 0.15) is 12.1 Å². The van der Waals surface area contributed by atoms with Crippen LogP contribution in [0.5, 0.6) is 0 Å². The summed E-state index contributed by atoms with van der Waals surface area (Å²) in [5.41, 5.74) is 0.654. The van der Waals surface area contributed by atoms with E-state index < -0.39 is 4.92 Å². The molecule has 0 radical (unpaired) electrons. The molecule has 118 valence electrons. The second-order valence-electron chi connectivity index (χ2n) is 4.65. The average molecular weight is 371 g/mol. The van der Waals surface area contributed by atoms with Gasteiger partial charge in [-0.25, -0.2) is 0 Å². The Kier molecular flexibility index (Phi) is 5.26. The lowest BCUT2D eigenvalue weighted by Gasteiger charge is -2.05. The number of aromatic nitrogens is 4. The van der Waals surface area contributed by atoms with Crippen LogP contribution >= 0.6 is 15.9 Å². The van der Waals surface area contributed by atoms with Gasteiger partial charge in [-0.1, -0.05) is 0 Å². The zero-order valence-corrected chi connectivity index (χ0v) is 13.5. The third-order valence-corrected chi connectivity index (χ3v) is 3.38. The number of carbonyl (C=O) groups is 1. The van der Waals surface area contributed by atoms with Crippen molar-refractivity contribution in [1.29, 1.82) is 0 Å². The molecule has 0 aliphatic heterocycles. The zero-order chi connectivity index (χ0) is 16.1. The van der Waals surface area contributed by atoms with Crippen molar-refractivity contribution in [1.82, 2.24) is 24.9 Å². The molecule has 10 heteroatoms. The first-order valence-electron chi connectivity index (χ1n) is 6.59. The van der Waals surface area contributed by atoms with Crippen molar-refractivity contribution in [3.63, 3.8) is 0 Å². The second-order valence-corrected chi connectivity index (χ2v) is 5.56. The van der Waals surface area contributed by atoms with E-state index in [-0.39, 0.29) is 18.1 Å². The van der Waals surface area contributed by atoms with Gasteiger partial charge in [0, 0.05) is 19.2 Å². The molecule has 0 aliphatic carbocycles.